The predicted octanol–water partition coefficient (Wildman–Crippen LogP) is 3.62. The van der Waals surface area contributed by atoms with E-state index in [1.165, 1.54) is 6.07 Å². The lowest BCUT2D eigenvalue weighted by Gasteiger charge is -2.48. The monoisotopic (exact) mass is 847 g/mol. The summed E-state index contributed by atoms with van der Waals surface area (Å²) < 4.78 is 44.3. The highest BCUT2D eigenvalue weighted by Crippen LogP contribution is 2.41. The van der Waals surface area contributed by atoms with Crippen molar-refractivity contribution in [2.75, 3.05) is 62.6 Å². The number of halogens is 1. The van der Waals surface area contributed by atoms with Crippen molar-refractivity contribution in [1.82, 2.24) is 34.0 Å². The standard InChI is InChI=1S/C42H54FN9O7S/c1-26-4-2-6-36(26)52(57)21-3-5-28-24-44-42(47-38(28)52)45-29-11-19-50(20-12-29)60(58,59)30-13-15-48(16-14-30)25-27-9-17-49(18-10-27)35-23-32-31(22-33(35)43)40(55)51(41(32)56)34-7-8-37(53)46-39(34)54/h3,5,22-24,26-27,29-30,34,36H,2,4,6-21,25H2,1H3,(H,44,45,47)(H,46,53,54)/t26-,34?,36?,52?/m0/s1. The van der Waals surface area contributed by atoms with Gasteiger partial charge in [0.1, 0.15) is 18.4 Å². The van der Waals surface area contributed by atoms with Gasteiger partial charge >= 0.3 is 0 Å². The molecule has 4 saturated heterocycles. The van der Waals surface area contributed by atoms with E-state index in [4.69, 9.17) is 4.98 Å². The molecule has 0 radical (unpaired) electrons. The van der Waals surface area contributed by atoms with Crippen LogP contribution in [0.2, 0.25) is 0 Å². The van der Waals surface area contributed by atoms with Gasteiger partial charge in [-0.15, -0.1) is 0 Å². The van der Waals surface area contributed by atoms with E-state index in [1.807, 2.05) is 17.1 Å². The van der Waals surface area contributed by atoms with Crippen LogP contribution < -0.4 is 20.2 Å². The summed E-state index contributed by atoms with van der Waals surface area (Å²) in [5, 5.41) is 19.4. The molecule has 2 aromatic rings. The fourth-order valence-corrected chi connectivity index (χ4v) is 12.8. The first kappa shape index (κ1) is 41.0. The summed E-state index contributed by atoms with van der Waals surface area (Å²) in [6.45, 7) is 6.69. The van der Waals surface area contributed by atoms with Crippen LogP contribution in [-0.4, -0.2) is 132 Å². The van der Waals surface area contributed by atoms with Gasteiger partial charge in [0, 0.05) is 63.7 Å². The fourth-order valence-electron chi connectivity index (χ4n) is 10.8. The summed E-state index contributed by atoms with van der Waals surface area (Å²) in [5.41, 5.74) is 0.987. The number of anilines is 2. The molecule has 2 N–H and O–H groups in total. The van der Waals surface area contributed by atoms with Crippen molar-refractivity contribution in [2.24, 2.45) is 11.8 Å². The zero-order valence-electron chi connectivity index (χ0n) is 34.1. The smallest absolute Gasteiger partial charge is 0.262 e. The second kappa shape index (κ2) is 16.2. The number of likely N-dealkylation sites (tertiary alicyclic amines) is 1. The molecule has 7 aliphatic rings. The second-order valence-electron chi connectivity index (χ2n) is 17.9. The quantitative estimate of drug-likeness (QED) is 0.212. The lowest BCUT2D eigenvalue weighted by Crippen LogP contribution is -2.55. The average molecular weight is 848 g/mol. The number of rotatable bonds is 9. The Morgan fingerprint density at radius 1 is 0.917 bits per heavy atom. The number of hydrogen-bond acceptors (Lipinski definition) is 12. The first-order valence-electron chi connectivity index (χ1n) is 21.7. The lowest BCUT2D eigenvalue weighted by atomic mass is 9.94. The van der Waals surface area contributed by atoms with E-state index in [0.717, 1.165) is 55.2 Å². The molecule has 4 atom stereocenters. The van der Waals surface area contributed by atoms with Crippen LogP contribution in [0.4, 0.5) is 21.8 Å². The minimum Gasteiger partial charge on any atom is -0.626 e. The molecule has 9 rings (SSSR count). The molecular formula is C42H54FN9O7S. The molecule has 322 valence electrons. The minimum atomic E-state index is -3.48. The number of aromatic nitrogens is 2. The van der Waals surface area contributed by atoms with Gasteiger partial charge in [-0.25, -0.2) is 22.1 Å². The zero-order valence-corrected chi connectivity index (χ0v) is 34.9. The SMILES string of the molecule is C[C@H]1CCCC1[N+]1([O-])CC=Cc2cnc(NC3CCN(S(=O)(=O)C4CCN(CC5CCN(c6cc7c(cc6F)C(=O)N(C6CCC(=O)NC6=O)C7=O)CC5)CC4)CC3)nc21. The Kier molecular flexibility index (Phi) is 11.0. The summed E-state index contributed by atoms with van der Waals surface area (Å²) in [6, 6.07) is 1.37. The van der Waals surface area contributed by atoms with Crippen LogP contribution in [0.15, 0.2) is 24.4 Å². The number of sulfonamides is 1. The van der Waals surface area contributed by atoms with Crippen molar-refractivity contribution >= 4 is 57.2 Å². The number of nitrogens with one attached hydrogen (secondary N) is 2. The van der Waals surface area contributed by atoms with Crippen LogP contribution >= 0.6 is 0 Å². The normalized spacial score (nSPS) is 28.9. The first-order valence-corrected chi connectivity index (χ1v) is 23.2. The van der Waals surface area contributed by atoms with Gasteiger partial charge in [0.2, 0.25) is 33.6 Å². The molecule has 6 aliphatic heterocycles. The van der Waals surface area contributed by atoms with Gasteiger partial charge in [0.05, 0.1) is 33.7 Å². The number of nitrogens with zero attached hydrogens (tertiary/aromatic N) is 7. The molecule has 16 nitrogen and oxygen atoms in total. The topological polar surface area (TPSA) is 188 Å². The van der Waals surface area contributed by atoms with Crippen LogP contribution in [0.25, 0.3) is 6.08 Å². The molecule has 18 heteroatoms. The maximum absolute atomic E-state index is 15.5. The highest BCUT2D eigenvalue weighted by Gasteiger charge is 2.46. The predicted molar refractivity (Wildman–Crippen MR) is 223 cm³/mol. The van der Waals surface area contributed by atoms with Gasteiger partial charge in [0.15, 0.2) is 0 Å². The third kappa shape index (κ3) is 7.51. The van der Waals surface area contributed by atoms with E-state index in [9.17, 15) is 32.8 Å². The van der Waals surface area contributed by atoms with Gasteiger partial charge in [-0.3, -0.25) is 29.4 Å². The molecule has 1 aromatic carbocycles. The Morgan fingerprint density at radius 3 is 2.32 bits per heavy atom. The Hall–Kier alpha value is -4.36. The number of fused-ring (bicyclic) bond motifs is 2. The molecular weight excluding hydrogens is 794 g/mol. The number of quaternary nitrogens is 1. The number of carbonyl (C=O) groups is 4. The van der Waals surface area contributed by atoms with Gasteiger partial charge < -0.3 is 25.0 Å². The number of hydroxylamine groups is 2. The number of amides is 4. The summed E-state index contributed by atoms with van der Waals surface area (Å²) >= 11 is 0. The summed E-state index contributed by atoms with van der Waals surface area (Å²) in [4.78, 5) is 64.9. The third-order valence-electron chi connectivity index (χ3n) is 14.3. The van der Waals surface area contributed by atoms with Crippen LogP contribution in [0.1, 0.15) is 104 Å². The number of benzene rings is 1. The van der Waals surface area contributed by atoms with E-state index in [2.05, 4.69) is 27.4 Å². The molecule has 7 heterocycles. The highest BCUT2D eigenvalue weighted by molar-refractivity contribution is 7.89. The van der Waals surface area contributed by atoms with E-state index in [1.54, 1.807) is 10.5 Å². The minimum absolute atomic E-state index is 0.00193. The van der Waals surface area contributed by atoms with Crippen molar-refractivity contribution in [3.05, 3.63) is 52.1 Å². The summed E-state index contributed by atoms with van der Waals surface area (Å²) in [5.74, 6) is -1.55. The maximum Gasteiger partial charge on any atom is 0.262 e. The molecule has 0 bridgehead atoms. The average Bonchev–Trinajstić information content (AvgIpc) is 3.78. The Bertz CT molecular complexity index is 2200. The molecule has 5 fully saturated rings. The summed E-state index contributed by atoms with van der Waals surface area (Å²) in [7, 11) is -3.48. The zero-order chi connectivity index (χ0) is 41.9. The van der Waals surface area contributed by atoms with Crippen LogP contribution in [0.3, 0.4) is 0 Å². The van der Waals surface area contributed by atoms with Crippen molar-refractivity contribution in [3.8, 4) is 0 Å². The van der Waals surface area contributed by atoms with Crippen molar-refractivity contribution in [2.45, 2.75) is 101 Å². The summed E-state index contributed by atoms with van der Waals surface area (Å²) in [6.07, 6.45) is 12.6. The van der Waals surface area contributed by atoms with E-state index in [0.29, 0.717) is 95.1 Å². The molecule has 3 unspecified atom stereocenters. The van der Waals surface area contributed by atoms with E-state index in [-0.39, 0.29) is 41.7 Å². The molecule has 1 aliphatic carbocycles. The van der Waals surface area contributed by atoms with Gasteiger partial charge in [-0.1, -0.05) is 6.92 Å². The Labute approximate surface area is 349 Å². The molecule has 1 aromatic heterocycles. The lowest BCUT2D eigenvalue weighted by molar-refractivity contribution is -0.136. The van der Waals surface area contributed by atoms with Crippen LogP contribution in [0.5, 0.6) is 0 Å². The number of piperidine rings is 4. The third-order valence-corrected chi connectivity index (χ3v) is 16.7. The van der Waals surface area contributed by atoms with Crippen LogP contribution in [0, 0.1) is 22.9 Å². The molecule has 4 amide bonds. The van der Waals surface area contributed by atoms with Gasteiger partial charge in [0.25, 0.3) is 11.8 Å². The molecule has 60 heavy (non-hydrogen) atoms. The second-order valence-corrected chi connectivity index (χ2v) is 20.1. The van der Waals surface area contributed by atoms with Crippen molar-refractivity contribution < 1.29 is 32.0 Å². The van der Waals surface area contributed by atoms with Gasteiger partial charge in [-0.05, 0) is 101 Å². The number of carbonyl (C=O) groups excluding carboxylic acids is 4. The van der Waals surface area contributed by atoms with Crippen LogP contribution in [-0.2, 0) is 19.6 Å². The van der Waals surface area contributed by atoms with Gasteiger partial charge in [-0.2, -0.15) is 4.98 Å². The van der Waals surface area contributed by atoms with Crippen molar-refractivity contribution in [1.29, 1.82) is 0 Å². The molecule has 1 saturated carbocycles. The number of hydrogen-bond donors (Lipinski definition) is 2. The van der Waals surface area contributed by atoms with E-state index < -0.39 is 55.4 Å². The Balaban J connectivity index is 0.737. The fraction of sp³-hybridized carbons (Fsp3) is 0.619. The molecule has 0 spiro atoms. The Morgan fingerprint density at radius 2 is 1.63 bits per heavy atom. The highest BCUT2D eigenvalue weighted by atomic mass is 32.2. The maximum atomic E-state index is 15.5. The largest absolute Gasteiger partial charge is 0.626 e. The van der Waals surface area contributed by atoms with Crippen molar-refractivity contribution in [3.63, 3.8) is 0 Å². The first-order chi connectivity index (χ1) is 28.8. The number of imide groups is 2. The van der Waals surface area contributed by atoms with E-state index >= 15 is 4.39 Å².